The summed E-state index contributed by atoms with van der Waals surface area (Å²) in [5.41, 5.74) is 0.0723. The average Bonchev–Trinajstić information content (AvgIpc) is 2.41. The largest absolute Gasteiger partial charge is 0.326 e. The second-order valence-electron chi connectivity index (χ2n) is 6.03. The Kier molecular flexibility index (Phi) is 2.89. The quantitative estimate of drug-likeness (QED) is 0.731. The van der Waals surface area contributed by atoms with E-state index < -0.39 is 0 Å². The van der Waals surface area contributed by atoms with Crippen molar-refractivity contribution in [3.63, 3.8) is 0 Å². The van der Waals surface area contributed by atoms with Crippen LogP contribution in [0.15, 0.2) is 4.99 Å². The first-order valence-corrected chi connectivity index (χ1v) is 6.70. The SMILES string of the molecule is CC(C)(C)C1CCC2(CC1)N=C(Br)C(=O)N2. The molecule has 1 fully saturated rings. The van der Waals surface area contributed by atoms with Gasteiger partial charge in [-0.3, -0.25) is 4.79 Å². The molecule has 0 aromatic carbocycles. The molecule has 2 rings (SSSR count). The molecule has 0 bridgehead atoms. The molecule has 0 aromatic rings. The highest BCUT2D eigenvalue weighted by atomic mass is 79.9. The van der Waals surface area contributed by atoms with Gasteiger partial charge < -0.3 is 5.32 Å². The molecule has 0 aromatic heterocycles. The molecular formula is C12H19BrN2O. The summed E-state index contributed by atoms with van der Waals surface area (Å²) in [4.78, 5) is 15.9. The molecule has 2 aliphatic rings. The van der Waals surface area contributed by atoms with Crippen molar-refractivity contribution in [1.82, 2.24) is 5.32 Å². The Morgan fingerprint density at radius 1 is 1.38 bits per heavy atom. The van der Waals surface area contributed by atoms with E-state index in [-0.39, 0.29) is 11.6 Å². The predicted molar refractivity (Wildman–Crippen MR) is 68.6 cm³/mol. The molecule has 0 unspecified atom stereocenters. The van der Waals surface area contributed by atoms with E-state index in [4.69, 9.17) is 0 Å². The summed E-state index contributed by atoms with van der Waals surface area (Å²) in [5, 5.41) is 3.00. The van der Waals surface area contributed by atoms with E-state index in [0.29, 0.717) is 10.0 Å². The van der Waals surface area contributed by atoms with Crippen molar-refractivity contribution in [3.8, 4) is 0 Å². The number of amides is 1. The first-order valence-electron chi connectivity index (χ1n) is 5.90. The van der Waals surface area contributed by atoms with Crippen LogP contribution in [0, 0.1) is 11.3 Å². The zero-order chi connectivity index (χ0) is 12.0. The topological polar surface area (TPSA) is 41.5 Å². The third kappa shape index (κ3) is 2.17. The van der Waals surface area contributed by atoms with Gasteiger partial charge in [-0.1, -0.05) is 20.8 Å². The molecule has 3 nitrogen and oxygen atoms in total. The molecule has 1 aliphatic carbocycles. The summed E-state index contributed by atoms with van der Waals surface area (Å²) < 4.78 is 0.460. The molecule has 90 valence electrons. The van der Waals surface area contributed by atoms with Gasteiger partial charge in [0.2, 0.25) is 0 Å². The Balaban J connectivity index is 2.04. The highest BCUT2D eigenvalue weighted by Crippen LogP contribution is 2.43. The normalized spacial score (nSPS) is 35.1. The fourth-order valence-corrected chi connectivity index (χ4v) is 3.17. The monoisotopic (exact) mass is 286 g/mol. The molecule has 0 atom stereocenters. The van der Waals surface area contributed by atoms with Crippen LogP contribution in [0.4, 0.5) is 0 Å². The van der Waals surface area contributed by atoms with Crippen molar-refractivity contribution in [3.05, 3.63) is 0 Å². The minimum atomic E-state index is -0.294. The summed E-state index contributed by atoms with van der Waals surface area (Å²) in [6, 6.07) is 0. The smallest absolute Gasteiger partial charge is 0.278 e. The number of aliphatic imine (C=N–C) groups is 1. The second kappa shape index (κ2) is 3.83. The van der Waals surface area contributed by atoms with Crippen LogP contribution in [0.5, 0.6) is 0 Å². The van der Waals surface area contributed by atoms with E-state index in [0.717, 1.165) is 31.6 Å². The van der Waals surface area contributed by atoms with E-state index >= 15 is 0 Å². The molecule has 0 radical (unpaired) electrons. The molecule has 1 heterocycles. The van der Waals surface area contributed by atoms with Crippen molar-refractivity contribution in [2.75, 3.05) is 0 Å². The third-order valence-corrected chi connectivity index (χ3v) is 4.42. The van der Waals surface area contributed by atoms with Gasteiger partial charge in [0.1, 0.15) is 5.66 Å². The average molecular weight is 287 g/mol. The number of nitrogens with one attached hydrogen (secondary N) is 1. The Morgan fingerprint density at radius 2 is 1.94 bits per heavy atom. The molecule has 1 saturated carbocycles. The van der Waals surface area contributed by atoms with Gasteiger partial charge in [0.25, 0.3) is 5.91 Å². The lowest BCUT2D eigenvalue weighted by atomic mass is 9.70. The Bertz CT molecular complexity index is 335. The van der Waals surface area contributed by atoms with Gasteiger partial charge in [0, 0.05) is 0 Å². The number of halogens is 1. The zero-order valence-electron chi connectivity index (χ0n) is 10.1. The van der Waals surface area contributed by atoms with Crippen LogP contribution in [-0.2, 0) is 4.79 Å². The van der Waals surface area contributed by atoms with Crippen LogP contribution in [-0.4, -0.2) is 16.2 Å². The number of nitrogens with zero attached hydrogens (tertiary/aromatic N) is 1. The van der Waals surface area contributed by atoms with Crippen molar-refractivity contribution in [1.29, 1.82) is 0 Å². The van der Waals surface area contributed by atoms with Crippen LogP contribution >= 0.6 is 15.9 Å². The summed E-state index contributed by atoms with van der Waals surface area (Å²) in [6.07, 6.45) is 4.23. The zero-order valence-corrected chi connectivity index (χ0v) is 11.7. The minimum absolute atomic E-state index is 0.0609. The van der Waals surface area contributed by atoms with E-state index in [1.54, 1.807) is 0 Å². The predicted octanol–water partition coefficient (Wildman–Crippen LogP) is 2.84. The lowest BCUT2D eigenvalue weighted by molar-refractivity contribution is -0.115. The maximum Gasteiger partial charge on any atom is 0.278 e. The number of hydrogen-bond acceptors (Lipinski definition) is 2. The van der Waals surface area contributed by atoms with Crippen LogP contribution in [0.1, 0.15) is 46.5 Å². The van der Waals surface area contributed by atoms with Gasteiger partial charge >= 0.3 is 0 Å². The van der Waals surface area contributed by atoms with Crippen LogP contribution < -0.4 is 5.32 Å². The first kappa shape index (κ1) is 12.1. The minimum Gasteiger partial charge on any atom is -0.326 e. The van der Waals surface area contributed by atoms with Gasteiger partial charge in [-0.05, 0) is 52.9 Å². The van der Waals surface area contributed by atoms with Crippen LogP contribution in [0.2, 0.25) is 0 Å². The molecule has 1 amide bonds. The lowest BCUT2D eigenvalue weighted by Crippen LogP contribution is -2.46. The van der Waals surface area contributed by atoms with Gasteiger partial charge in [0.05, 0.1) is 0 Å². The third-order valence-electron chi connectivity index (χ3n) is 3.88. The molecule has 16 heavy (non-hydrogen) atoms. The van der Waals surface area contributed by atoms with Gasteiger partial charge in [0.15, 0.2) is 4.62 Å². The molecule has 0 saturated heterocycles. The Morgan fingerprint density at radius 3 is 2.31 bits per heavy atom. The second-order valence-corrected chi connectivity index (χ2v) is 6.78. The van der Waals surface area contributed by atoms with Crippen molar-refractivity contribution in [2.45, 2.75) is 52.1 Å². The molecule has 1 N–H and O–H groups in total. The molecule has 1 aliphatic heterocycles. The van der Waals surface area contributed by atoms with Gasteiger partial charge in [-0.15, -0.1) is 0 Å². The number of rotatable bonds is 0. The lowest BCUT2D eigenvalue weighted by Gasteiger charge is -2.40. The van der Waals surface area contributed by atoms with Crippen molar-refractivity contribution in [2.24, 2.45) is 16.3 Å². The summed E-state index contributed by atoms with van der Waals surface area (Å²) in [6.45, 7) is 6.88. The fraction of sp³-hybridized carbons (Fsp3) is 0.833. The Labute approximate surface area is 105 Å². The van der Waals surface area contributed by atoms with Crippen molar-refractivity contribution >= 4 is 26.5 Å². The summed E-state index contributed by atoms with van der Waals surface area (Å²) >= 11 is 3.21. The van der Waals surface area contributed by atoms with Gasteiger partial charge in [-0.25, -0.2) is 4.99 Å². The Hall–Kier alpha value is -0.380. The van der Waals surface area contributed by atoms with E-state index in [9.17, 15) is 4.79 Å². The number of carbonyl (C=O) groups excluding carboxylic acids is 1. The molecular weight excluding hydrogens is 268 g/mol. The first-order chi connectivity index (χ1) is 7.32. The maximum absolute atomic E-state index is 11.4. The summed E-state index contributed by atoms with van der Waals surface area (Å²) in [7, 11) is 0. The van der Waals surface area contributed by atoms with E-state index in [1.165, 1.54) is 0 Å². The van der Waals surface area contributed by atoms with Crippen molar-refractivity contribution < 1.29 is 4.79 Å². The van der Waals surface area contributed by atoms with Crippen LogP contribution in [0.25, 0.3) is 0 Å². The highest BCUT2D eigenvalue weighted by Gasteiger charge is 2.43. The van der Waals surface area contributed by atoms with Gasteiger partial charge in [-0.2, -0.15) is 0 Å². The van der Waals surface area contributed by atoms with E-state index in [2.05, 4.69) is 47.0 Å². The van der Waals surface area contributed by atoms with E-state index in [1.807, 2.05) is 0 Å². The maximum atomic E-state index is 11.4. The standard InChI is InChI=1S/C12H19BrN2O/c1-11(2,3)8-4-6-12(7-5-8)14-9(13)10(16)15-12/h8H,4-7H2,1-3H3,(H,15,16). The number of carbonyl (C=O) groups is 1. The number of hydrogen-bond donors (Lipinski definition) is 1. The summed E-state index contributed by atoms with van der Waals surface area (Å²) in [5.74, 6) is 0.679. The highest BCUT2D eigenvalue weighted by molar-refractivity contribution is 9.19. The fourth-order valence-electron chi connectivity index (χ4n) is 2.73. The van der Waals surface area contributed by atoms with Crippen LogP contribution in [0.3, 0.4) is 0 Å². The molecule has 1 spiro atoms. The molecule has 4 heteroatoms.